The largest absolute Gasteiger partial charge is 0.494 e. The van der Waals surface area contributed by atoms with Crippen LogP contribution in [-0.2, 0) is 4.74 Å². The van der Waals surface area contributed by atoms with E-state index in [9.17, 15) is 13.2 Å². The van der Waals surface area contributed by atoms with E-state index in [4.69, 9.17) is 14.8 Å². The van der Waals surface area contributed by atoms with Gasteiger partial charge in [-0.05, 0) is 6.07 Å². The maximum Gasteiger partial charge on any atom is 0.492 e. The van der Waals surface area contributed by atoms with Crippen LogP contribution in [-0.4, -0.2) is 43.2 Å². The SMILES string of the molecule is OB(O)c1ccccc1OCCCOCC(F)(F)F. The fourth-order valence-electron chi connectivity index (χ4n) is 1.36. The van der Waals surface area contributed by atoms with Gasteiger partial charge < -0.3 is 19.5 Å². The van der Waals surface area contributed by atoms with Gasteiger partial charge in [-0.1, -0.05) is 18.2 Å². The highest BCUT2D eigenvalue weighted by molar-refractivity contribution is 6.59. The summed E-state index contributed by atoms with van der Waals surface area (Å²) in [6, 6.07) is 6.31. The fourth-order valence-corrected chi connectivity index (χ4v) is 1.36. The fraction of sp³-hybridized carbons (Fsp3) is 0.455. The lowest BCUT2D eigenvalue weighted by molar-refractivity contribution is -0.174. The normalized spacial score (nSPS) is 11.4. The van der Waals surface area contributed by atoms with Crippen molar-refractivity contribution in [1.29, 1.82) is 0 Å². The number of rotatable bonds is 7. The summed E-state index contributed by atoms with van der Waals surface area (Å²) in [6.07, 6.45) is -4.06. The smallest absolute Gasteiger partial charge is 0.492 e. The zero-order valence-corrected chi connectivity index (χ0v) is 10.1. The van der Waals surface area contributed by atoms with E-state index in [0.717, 1.165) is 0 Å². The van der Waals surface area contributed by atoms with E-state index in [0.29, 0.717) is 0 Å². The molecule has 2 N–H and O–H groups in total. The first-order valence-corrected chi connectivity index (χ1v) is 5.62. The Morgan fingerprint density at radius 1 is 1.11 bits per heavy atom. The Morgan fingerprint density at radius 3 is 2.42 bits per heavy atom. The third kappa shape index (κ3) is 6.46. The average molecular weight is 278 g/mol. The highest BCUT2D eigenvalue weighted by Gasteiger charge is 2.27. The lowest BCUT2D eigenvalue weighted by atomic mass is 9.79. The summed E-state index contributed by atoms with van der Waals surface area (Å²) < 4.78 is 44.9. The average Bonchev–Trinajstić information content (AvgIpc) is 2.32. The van der Waals surface area contributed by atoms with Gasteiger partial charge in [0.15, 0.2) is 0 Å². The van der Waals surface area contributed by atoms with Gasteiger partial charge in [0.2, 0.25) is 0 Å². The highest BCUT2D eigenvalue weighted by Crippen LogP contribution is 2.14. The topological polar surface area (TPSA) is 58.9 Å². The Kier molecular flexibility index (Phi) is 6.13. The van der Waals surface area contributed by atoms with Crippen molar-refractivity contribution in [2.45, 2.75) is 12.6 Å². The molecule has 0 atom stereocenters. The molecule has 106 valence electrons. The lowest BCUT2D eigenvalue weighted by Gasteiger charge is -2.11. The minimum atomic E-state index is -4.32. The van der Waals surface area contributed by atoms with Crippen LogP contribution in [0.15, 0.2) is 24.3 Å². The monoisotopic (exact) mass is 278 g/mol. The van der Waals surface area contributed by atoms with Crippen molar-refractivity contribution in [3.8, 4) is 5.75 Å². The minimum absolute atomic E-state index is 0.0800. The molecule has 0 saturated heterocycles. The quantitative estimate of drug-likeness (QED) is 0.570. The number of para-hydroxylation sites is 1. The van der Waals surface area contributed by atoms with Crippen LogP contribution in [0.1, 0.15) is 6.42 Å². The van der Waals surface area contributed by atoms with E-state index in [1.54, 1.807) is 18.2 Å². The Balaban J connectivity index is 2.26. The predicted molar refractivity (Wildman–Crippen MR) is 63.3 cm³/mol. The lowest BCUT2D eigenvalue weighted by Crippen LogP contribution is -2.31. The number of hydrogen-bond donors (Lipinski definition) is 2. The van der Waals surface area contributed by atoms with Crippen LogP contribution in [0.5, 0.6) is 5.75 Å². The third-order valence-corrected chi connectivity index (χ3v) is 2.15. The molecule has 0 unspecified atom stereocenters. The van der Waals surface area contributed by atoms with Crippen LogP contribution >= 0.6 is 0 Å². The van der Waals surface area contributed by atoms with Crippen LogP contribution in [0.2, 0.25) is 0 Å². The minimum Gasteiger partial charge on any atom is -0.494 e. The van der Waals surface area contributed by atoms with Gasteiger partial charge >= 0.3 is 13.3 Å². The molecule has 0 radical (unpaired) electrons. The summed E-state index contributed by atoms with van der Waals surface area (Å²) in [6.45, 7) is -1.23. The molecular weight excluding hydrogens is 264 g/mol. The van der Waals surface area contributed by atoms with E-state index in [1.165, 1.54) is 6.07 Å². The summed E-state index contributed by atoms with van der Waals surface area (Å²) in [5.41, 5.74) is 0.207. The number of benzene rings is 1. The van der Waals surface area contributed by atoms with Crippen molar-refractivity contribution in [2.75, 3.05) is 19.8 Å². The Morgan fingerprint density at radius 2 is 1.79 bits per heavy atom. The van der Waals surface area contributed by atoms with Crippen molar-refractivity contribution < 1.29 is 32.7 Å². The molecule has 0 aliphatic rings. The summed E-state index contributed by atoms with van der Waals surface area (Å²) in [5, 5.41) is 18.1. The molecule has 19 heavy (non-hydrogen) atoms. The second-order valence-electron chi connectivity index (χ2n) is 3.78. The first-order valence-electron chi connectivity index (χ1n) is 5.62. The molecule has 0 heterocycles. The van der Waals surface area contributed by atoms with Gasteiger partial charge in [0.05, 0.1) is 13.2 Å². The van der Waals surface area contributed by atoms with Crippen LogP contribution < -0.4 is 10.2 Å². The standard InChI is InChI=1S/C11H14BF3O4/c13-11(14,15)8-18-6-3-7-19-10-5-2-1-4-9(10)12(16)17/h1-2,4-5,16-17H,3,6-8H2. The molecule has 0 bridgehead atoms. The van der Waals surface area contributed by atoms with Crippen LogP contribution in [0.4, 0.5) is 13.2 Å². The Hall–Kier alpha value is -1.25. The van der Waals surface area contributed by atoms with Crippen molar-refractivity contribution in [1.82, 2.24) is 0 Å². The number of hydrogen-bond acceptors (Lipinski definition) is 4. The number of halogens is 3. The van der Waals surface area contributed by atoms with E-state index in [1.807, 2.05) is 0 Å². The molecule has 0 aromatic heterocycles. The highest BCUT2D eigenvalue weighted by atomic mass is 19.4. The number of ether oxygens (including phenoxy) is 2. The van der Waals surface area contributed by atoms with Gasteiger partial charge in [0, 0.05) is 11.9 Å². The molecule has 4 nitrogen and oxygen atoms in total. The summed E-state index contributed by atoms with van der Waals surface area (Å²) in [7, 11) is -1.65. The summed E-state index contributed by atoms with van der Waals surface area (Å²) >= 11 is 0. The van der Waals surface area contributed by atoms with Gasteiger partial charge in [-0.2, -0.15) is 13.2 Å². The zero-order valence-electron chi connectivity index (χ0n) is 10.1. The number of alkyl halides is 3. The van der Waals surface area contributed by atoms with E-state index >= 15 is 0 Å². The molecule has 0 aliphatic carbocycles. The summed E-state index contributed by atoms with van der Waals surface area (Å²) in [4.78, 5) is 0. The summed E-state index contributed by atoms with van der Waals surface area (Å²) in [5.74, 6) is 0.285. The van der Waals surface area contributed by atoms with Gasteiger partial charge in [-0.15, -0.1) is 0 Å². The van der Waals surface area contributed by atoms with Crippen LogP contribution in [0.3, 0.4) is 0 Å². The molecule has 8 heteroatoms. The van der Waals surface area contributed by atoms with Gasteiger partial charge in [0.25, 0.3) is 0 Å². The molecule has 0 amide bonds. The second-order valence-corrected chi connectivity index (χ2v) is 3.78. The second kappa shape index (κ2) is 7.37. The Bertz CT molecular complexity index is 384. The van der Waals surface area contributed by atoms with Crippen LogP contribution in [0.25, 0.3) is 0 Å². The van der Waals surface area contributed by atoms with Crippen LogP contribution in [0, 0.1) is 0 Å². The van der Waals surface area contributed by atoms with E-state index in [2.05, 4.69) is 4.74 Å². The molecule has 1 aromatic carbocycles. The van der Waals surface area contributed by atoms with Gasteiger partial charge in [-0.3, -0.25) is 0 Å². The van der Waals surface area contributed by atoms with Gasteiger partial charge in [-0.25, -0.2) is 0 Å². The van der Waals surface area contributed by atoms with Gasteiger partial charge in [0.1, 0.15) is 12.4 Å². The maximum atomic E-state index is 11.8. The predicted octanol–water partition coefficient (Wildman–Crippen LogP) is 0.714. The van der Waals surface area contributed by atoms with Crippen molar-refractivity contribution in [3.05, 3.63) is 24.3 Å². The third-order valence-electron chi connectivity index (χ3n) is 2.15. The molecule has 1 rings (SSSR count). The molecular formula is C11H14BF3O4. The molecule has 0 aliphatic heterocycles. The molecule has 1 aromatic rings. The first-order chi connectivity index (χ1) is 8.90. The Labute approximate surface area is 108 Å². The first kappa shape index (κ1) is 15.8. The van der Waals surface area contributed by atoms with Crippen molar-refractivity contribution in [3.63, 3.8) is 0 Å². The molecule has 0 saturated carbocycles. The molecule has 0 spiro atoms. The maximum absolute atomic E-state index is 11.8. The van der Waals surface area contributed by atoms with E-state index in [-0.39, 0.29) is 30.8 Å². The van der Waals surface area contributed by atoms with E-state index < -0.39 is 19.9 Å². The molecule has 0 fully saturated rings. The van der Waals surface area contributed by atoms with Crippen molar-refractivity contribution in [2.24, 2.45) is 0 Å². The zero-order chi connectivity index (χ0) is 14.3. The van der Waals surface area contributed by atoms with Crippen molar-refractivity contribution >= 4 is 12.6 Å².